The number of ether oxygens (including phenoxy) is 1. The molecule has 1 aliphatic rings. The molecule has 1 aromatic heterocycles. The van der Waals surface area contributed by atoms with Gasteiger partial charge in [-0.15, -0.1) is 0 Å². The van der Waals surface area contributed by atoms with Crippen LogP contribution in [0, 0.1) is 0 Å². The molecular weight excluding hydrogens is 430 g/mol. The first-order valence-corrected chi connectivity index (χ1v) is 11.6. The minimum absolute atomic E-state index is 0.0932. The van der Waals surface area contributed by atoms with E-state index in [2.05, 4.69) is 21.0 Å². The smallest absolute Gasteiger partial charge is 0.435 e. The molecule has 1 saturated heterocycles. The summed E-state index contributed by atoms with van der Waals surface area (Å²) in [6.45, 7) is 8.66. The van der Waals surface area contributed by atoms with Crippen molar-refractivity contribution in [1.29, 1.82) is 0 Å². The second-order valence-electron chi connectivity index (χ2n) is 9.85. The van der Waals surface area contributed by atoms with Crippen LogP contribution < -0.4 is 4.90 Å². The molecule has 0 spiro atoms. The van der Waals surface area contributed by atoms with Crippen LogP contribution in [0.1, 0.15) is 32.4 Å². The number of carbonyl (C=O) groups excluding carboxylic acids is 2. The van der Waals surface area contributed by atoms with Gasteiger partial charge in [0.1, 0.15) is 11.6 Å². The van der Waals surface area contributed by atoms with Crippen molar-refractivity contribution in [3.63, 3.8) is 0 Å². The minimum atomic E-state index is -0.583. The van der Waals surface area contributed by atoms with E-state index in [4.69, 9.17) is 4.74 Å². The van der Waals surface area contributed by atoms with Gasteiger partial charge in [-0.2, -0.15) is 9.78 Å². The molecule has 3 aromatic rings. The molecule has 0 N–H and O–H groups in total. The summed E-state index contributed by atoms with van der Waals surface area (Å²) < 4.78 is 6.76. The number of rotatable bonds is 4. The molecule has 1 atom stereocenters. The van der Waals surface area contributed by atoms with Gasteiger partial charge in [0.15, 0.2) is 0 Å². The molecule has 0 bridgehead atoms. The number of aromatic nitrogens is 2. The predicted molar refractivity (Wildman–Crippen MR) is 133 cm³/mol. The topological polar surface area (TPSA) is 70.9 Å². The van der Waals surface area contributed by atoms with E-state index in [1.165, 1.54) is 4.68 Å². The molecule has 1 unspecified atom stereocenters. The van der Waals surface area contributed by atoms with E-state index in [9.17, 15) is 9.59 Å². The van der Waals surface area contributed by atoms with Crippen molar-refractivity contribution in [2.45, 2.75) is 32.4 Å². The summed E-state index contributed by atoms with van der Waals surface area (Å²) in [6, 6.07) is 15.7. The van der Waals surface area contributed by atoms with Crippen molar-refractivity contribution in [2.75, 3.05) is 45.2 Å². The van der Waals surface area contributed by atoms with Crippen molar-refractivity contribution in [3.8, 4) is 0 Å². The molecule has 0 radical (unpaired) electrons. The third kappa shape index (κ3) is 5.07. The maximum absolute atomic E-state index is 13.0. The fraction of sp³-hybridized carbons (Fsp3) is 0.423. The zero-order chi connectivity index (χ0) is 24.5. The standard InChI is InChI=1S/C26H33N5O3/c1-26(2,3)34-25(33)31-22-12-11-21(17-20(22)18-27-31)29-13-15-30(16-14-29)23(24(32)28(4)5)19-9-7-6-8-10-19/h6-12,17-18,23H,13-16H2,1-5H3. The highest BCUT2D eigenvalue weighted by molar-refractivity contribution is 5.90. The highest BCUT2D eigenvalue weighted by Gasteiger charge is 2.31. The van der Waals surface area contributed by atoms with Crippen molar-refractivity contribution < 1.29 is 14.3 Å². The molecule has 2 aromatic carbocycles. The zero-order valence-corrected chi connectivity index (χ0v) is 20.6. The molecule has 8 heteroatoms. The number of hydrogen-bond acceptors (Lipinski definition) is 6. The van der Waals surface area contributed by atoms with E-state index in [-0.39, 0.29) is 11.9 Å². The number of amides is 1. The summed E-state index contributed by atoms with van der Waals surface area (Å²) in [6.07, 6.45) is 1.21. The van der Waals surface area contributed by atoms with E-state index >= 15 is 0 Å². The molecule has 8 nitrogen and oxygen atoms in total. The number of benzene rings is 2. The van der Waals surface area contributed by atoms with Gasteiger partial charge in [-0.25, -0.2) is 4.79 Å². The average molecular weight is 464 g/mol. The Morgan fingerprint density at radius 3 is 2.29 bits per heavy atom. The van der Waals surface area contributed by atoms with Gasteiger partial charge >= 0.3 is 6.09 Å². The normalized spacial score (nSPS) is 15.9. The van der Waals surface area contributed by atoms with Crippen LogP contribution in [0.5, 0.6) is 0 Å². The van der Waals surface area contributed by atoms with Crippen molar-refractivity contribution >= 4 is 28.6 Å². The molecule has 4 rings (SSSR count). The number of hydrogen-bond donors (Lipinski definition) is 0. The van der Waals surface area contributed by atoms with Gasteiger partial charge in [-0.05, 0) is 44.5 Å². The lowest BCUT2D eigenvalue weighted by Crippen LogP contribution is -2.51. The maximum atomic E-state index is 13.0. The van der Waals surface area contributed by atoms with Crippen molar-refractivity contribution in [2.24, 2.45) is 0 Å². The van der Waals surface area contributed by atoms with Crippen LogP contribution in [0.3, 0.4) is 0 Å². The number of anilines is 1. The molecule has 34 heavy (non-hydrogen) atoms. The molecule has 1 amide bonds. The summed E-state index contributed by atoms with van der Waals surface area (Å²) in [7, 11) is 3.61. The fourth-order valence-corrected chi connectivity index (χ4v) is 4.30. The summed E-state index contributed by atoms with van der Waals surface area (Å²) in [5.74, 6) is 0.0932. The van der Waals surface area contributed by atoms with Crippen LogP contribution >= 0.6 is 0 Å². The number of carbonyl (C=O) groups is 2. The molecule has 1 aliphatic heterocycles. The number of nitrogens with zero attached hydrogens (tertiary/aromatic N) is 5. The fourth-order valence-electron chi connectivity index (χ4n) is 4.30. The van der Waals surface area contributed by atoms with E-state index in [0.29, 0.717) is 0 Å². The Balaban J connectivity index is 1.49. The summed E-state index contributed by atoms with van der Waals surface area (Å²) in [5.41, 5.74) is 2.23. The van der Waals surface area contributed by atoms with Gasteiger partial charge in [0.2, 0.25) is 5.91 Å². The van der Waals surface area contributed by atoms with Crippen molar-refractivity contribution in [1.82, 2.24) is 19.6 Å². The van der Waals surface area contributed by atoms with Gasteiger partial charge in [-0.3, -0.25) is 9.69 Å². The van der Waals surface area contributed by atoms with E-state index in [1.807, 2.05) is 63.2 Å². The predicted octanol–water partition coefficient (Wildman–Crippen LogP) is 3.77. The lowest BCUT2D eigenvalue weighted by atomic mass is 10.0. The third-order valence-corrected chi connectivity index (χ3v) is 5.95. The maximum Gasteiger partial charge on any atom is 0.435 e. The summed E-state index contributed by atoms with van der Waals surface area (Å²) >= 11 is 0. The van der Waals surface area contributed by atoms with Crippen LogP contribution in [0.2, 0.25) is 0 Å². The monoisotopic (exact) mass is 463 g/mol. The van der Waals surface area contributed by atoms with Gasteiger partial charge in [0, 0.05) is 51.3 Å². The Bertz CT molecular complexity index is 1160. The van der Waals surface area contributed by atoms with Crippen LogP contribution in [0.4, 0.5) is 10.5 Å². The number of piperazine rings is 1. The van der Waals surface area contributed by atoms with Gasteiger partial charge in [0.05, 0.1) is 11.7 Å². The molecule has 180 valence electrons. The van der Waals surface area contributed by atoms with E-state index in [1.54, 1.807) is 25.2 Å². The third-order valence-electron chi connectivity index (χ3n) is 5.95. The highest BCUT2D eigenvalue weighted by atomic mass is 16.6. The van der Waals surface area contributed by atoms with Gasteiger partial charge < -0.3 is 14.5 Å². The van der Waals surface area contributed by atoms with Crippen LogP contribution in [0.15, 0.2) is 54.7 Å². The van der Waals surface area contributed by atoms with Gasteiger partial charge in [-0.1, -0.05) is 30.3 Å². The molecule has 2 heterocycles. The molecule has 0 aliphatic carbocycles. The number of fused-ring (bicyclic) bond motifs is 1. The SMILES string of the molecule is CN(C)C(=O)C(c1ccccc1)N1CCN(c2ccc3c(cnn3C(=O)OC(C)(C)C)c2)CC1. The first-order chi connectivity index (χ1) is 16.1. The first-order valence-electron chi connectivity index (χ1n) is 11.6. The largest absolute Gasteiger partial charge is 0.442 e. The zero-order valence-electron chi connectivity index (χ0n) is 20.6. The lowest BCUT2D eigenvalue weighted by molar-refractivity contribution is -0.134. The minimum Gasteiger partial charge on any atom is -0.442 e. The van der Waals surface area contributed by atoms with Crippen LogP contribution in [-0.2, 0) is 9.53 Å². The quantitative estimate of drug-likeness (QED) is 0.587. The number of likely N-dealkylation sites (N-methyl/N-ethyl adjacent to an activating group) is 1. The summed E-state index contributed by atoms with van der Waals surface area (Å²) in [4.78, 5) is 31.7. The Morgan fingerprint density at radius 1 is 1.00 bits per heavy atom. The molecule has 1 fully saturated rings. The second-order valence-corrected chi connectivity index (χ2v) is 9.85. The van der Waals surface area contributed by atoms with Crippen LogP contribution in [0.25, 0.3) is 10.9 Å². The average Bonchev–Trinajstić information content (AvgIpc) is 3.23. The van der Waals surface area contributed by atoms with E-state index < -0.39 is 11.7 Å². The van der Waals surface area contributed by atoms with Crippen LogP contribution in [-0.4, -0.2) is 77.5 Å². The second kappa shape index (κ2) is 9.46. The lowest BCUT2D eigenvalue weighted by Gasteiger charge is -2.40. The first kappa shape index (κ1) is 23.8. The highest BCUT2D eigenvalue weighted by Crippen LogP contribution is 2.28. The Labute approximate surface area is 200 Å². The van der Waals surface area contributed by atoms with Gasteiger partial charge in [0.25, 0.3) is 0 Å². The Hall–Kier alpha value is -3.39. The van der Waals surface area contributed by atoms with Crippen molar-refractivity contribution in [3.05, 3.63) is 60.3 Å². The molecule has 0 saturated carbocycles. The Morgan fingerprint density at radius 2 is 1.68 bits per heavy atom. The summed E-state index contributed by atoms with van der Waals surface area (Å²) in [5, 5.41) is 5.13. The Kier molecular flexibility index (Phi) is 6.61. The van der Waals surface area contributed by atoms with E-state index in [0.717, 1.165) is 48.3 Å². The molecular formula is C26H33N5O3.